The normalized spacial score (nSPS) is 12.7. The van der Waals surface area contributed by atoms with E-state index >= 15 is 0 Å². The van der Waals surface area contributed by atoms with Gasteiger partial charge in [0, 0.05) is 12.4 Å². The minimum absolute atomic E-state index is 0.100. The lowest BCUT2D eigenvalue weighted by Crippen LogP contribution is -2.14. The van der Waals surface area contributed by atoms with Crippen LogP contribution in [0.15, 0.2) is 36.7 Å². The van der Waals surface area contributed by atoms with E-state index < -0.39 is 0 Å². The lowest BCUT2D eigenvalue weighted by molar-refractivity contribution is 0.419. The lowest BCUT2D eigenvalue weighted by atomic mass is 10.0. The molecular weight excluding hydrogens is 288 g/mol. The van der Waals surface area contributed by atoms with Crippen LogP contribution in [0.3, 0.4) is 0 Å². The number of nitrogens with zero attached hydrogens (tertiary/aromatic N) is 2. The van der Waals surface area contributed by atoms with Gasteiger partial charge in [-0.1, -0.05) is 13.8 Å². The largest absolute Gasteiger partial charge is 0.494 e. The topological polar surface area (TPSA) is 76.8 Å². The van der Waals surface area contributed by atoms with Crippen LogP contribution in [0.1, 0.15) is 32.1 Å². The molecule has 2 heterocycles. The second-order valence-electron chi connectivity index (χ2n) is 6.17. The number of fused-ring (bicyclic) bond motifs is 1. The van der Waals surface area contributed by atoms with Gasteiger partial charge >= 0.3 is 0 Å². The standard InChI is InChI=1S/C18H22N4O/c1-11(2)8-14(19)18-21-15-9-13(12-4-6-20-7-5-12)10-16(23-3)17(15)22-18/h4-7,9-11,14H,8,19H2,1-3H3,(H,21,22)/t14-/m1/s1. The highest BCUT2D eigenvalue weighted by Gasteiger charge is 2.16. The summed E-state index contributed by atoms with van der Waals surface area (Å²) in [4.78, 5) is 12.1. The molecular formula is C18H22N4O. The Kier molecular flexibility index (Phi) is 4.30. The molecule has 0 radical (unpaired) electrons. The number of H-pyrrole nitrogens is 1. The molecule has 1 aromatic carbocycles. The third-order valence-corrected chi connectivity index (χ3v) is 3.89. The maximum atomic E-state index is 6.26. The van der Waals surface area contributed by atoms with Gasteiger partial charge in [-0.05, 0) is 47.7 Å². The van der Waals surface area contributed by atoms with Crippen LogP contribution in [0.25, 0.3) is 22.2 Å². The third-order valence-electron chi connectivity index (χ3n) is 3.89. The number of rotatable bonds is 5. The second kappa shape index (κ2) is 6.38. The summed E-state index contributed by atoms with van der Waals surface area (Å²) in [6.07, 6.45) is 4.44. The number of nitrogens with one attached hydrogen (secondary N) is 1. The monoisotopic (exact) mass is 310 g/mol. The third kappa shape index (κ3) is 3.19. The number of methoxy groups -OCH3 is 1. The Labute approximate surface area is 135 Å². The molecule has 0 unspecified atom stereocenters. The zero-order valence-electron chi connectivity index (χ0n) is 13.7. The maximum Gasteiger partial charge on any atom is 0.145 e. The van der Waals surface area contributed by atoms with Crippen molar-refractivity contribution in [1.29, 1.82) is 0 Å². The Balaban J connectivity index is 2.07. The van der Waals surface area contributed by atoms with Gasteiger partial charge in [-0.3, -0.25) is 4.98 Å². The first-order valence-corrected chi connectivity index (χ1v) is 7.82. The van der Waals surface area contributed by atoms with Crippen LogP contribution in [0, 0.1) is 5.92 Å². The Hall–Kier alpha value is -2.40. The molecule has 0 bridgehead atoms. The van der Waals surface area contributed by atoms with Gasteiger partial charge in [0.2, 0.25) is 0 Å². The number of imidazole rings is 1. The Morgan fingerprint density at radius 2 is 1.91 bits per heavy atom. The summed E-state index contributed by atoms with van der Waals surface area (Å²) in [6.45, 7) is 4.31. The van der Waals surface area contributed by atoms with E-state index in [9.17, 15) is 0 Å². The Morgan fingerprint density at radius 3 is 2.57 bits per heavy atom. The summed E-state index contributed by atoms with van der Waals surface area (Å²) in [5.41, 5.74) is 10.1. The van der Waals surface area contributed by atoms with Crippen LogP contribution in [-0.4, -0.2) is 22.1 Å². The number of aromatic amines is 1. The molecule has 0 saturated carbocycles. The first-order chi connectivity index (χ1) is 11.1. The van der Waals surface area contributed by atoms with E-state index in [0.29, 0.717) is 5.92 Å². The van der Waals surface area contributed by atoms with E-state index in [0.717, 1.165) is 40.2 Å². The van der Waals surface area contributed by atoms with Crippen molar-refractivity contribution in [3.8, 4) is 16.9 Å². The molecule has 2 aromatic heterocycles. The number of hydrogen-bond acceptors (Lipinski definition) is 4. The first kappa shape index (κ1) is 15.5. The molecule has 3 aromatic rings. The molecule has 5 nitrogen and oxygen atoms in total. The molecule has 3 rings (SSSR count). The minimum Gasteiger partial charge on any atom is -0.494 e. The number of nitrogens with two attached hydrogens (primary N) is 1. The average molecular weight is 310 g/mol. The lowest BCUT2D eigenvalue weighted by Gasteiger charge is -2.10. The summed E-state index contributed by atoms with van der Waals surface area (Å²) < 4.78 is 5.54. The van der Waals surface area contributed by atoms with E-state index in [1.165, 1.54) is 0 Å². The highest BCUT2D eigenvalue weighted by molar-refractivity contribution is 5.87. The number of pyridine rings is 1. The predicted molar refractivity (Wildman–Crippen MR) is 92.3 cm³/mol. The van der Waals surface area contributed by atoms with Crippen molar-refractivity contribution in [2.45, 2.75) is 26.3 Å². The molecule has 0 aliphatic heterocycles. The second-order valence-corrected chi connectivity index (χ2v) is 6.17. The molecule has 23 heavy (non-hydrogen) atoms. The maximum absolute atomic E-state index is 6.26. The summed E-state index contributed by atoms with van der Waals surface area (Å²) in [6, 6.07) is 7.90. The van der Waals surface area contributed by atoms with Gasteiger partial charge < -0.3 is 15.5 Å². The van der Waals surface area contributed by atoms with E-state index in [1.807, 2.05) is 18.2 Å². The van der Waals surface area contributed by atoms with Crippen molar-refractivity contribution >= 4 is 11.0 Å². The van der Waals surface area contributed by atoms with Crippen molar-refractivity contribution in [3.05, 3.63) is 42.5 Å². The Morgan fingerprint density at radius 1 is 1.17 bits per heavy atom. The van der Waals surface area contributed by atoms with Gasteiger partial charge in [-0.15, -0.1) is 0 Å². The van der Waals surface area contributed by atoms with Crippen LogP contribution in [-0.2, 0) is 0 Å². The molecule has 1 atom stereocenters. The van der Waals surface area contributed by atoms with Crippen molar-refractivity contribution in [2.24, 2.45) is 11.7 Å². The molecule has 0 aliphatic carbocycles. The van der Waals surface area contributed by atoms with Crippen LogP contribution < -0.4 is 10.5 Å². The molecule has 0 aliphatic rings. The molecule has 120 valence electrons. The zero-order valence-corrected chi connectivity index (χ0v) is 13.7. The average Bonchev–Trinajstić information content (AvgIpc) is 2.98. The summed E-state index contributed by atoms with van der Waals surface area (Å²) >= 11 is 0. The van der Waals surface area contributed by atoms with E-state index in [4.69, 9.17) is 10.5 Å². The van der Waals surface area contributed by atoms with E-state index in [1.54, 1.807) is 19.5 Å². The predicted octanol–water partition coefficient (Wildman–Crippen LogP) is 3.68. The van der Waals surface area contributed by atoms with Gasteiger partial charge in [-0.25, -0.2) is 4.98 Å². The SMILES string of the molecule is COc1cc(-c2ccncc2)cc2nc([C@H](N)CC(C)C)[nH]c12. The molecule has 0 amide bonds. The quantitative estimate of drug-likeness (QED) is 0.753. The molecule has 0 saturated heterocycles. The van der Waals surface area contributed by atoms with Crippen LogP contribution in [0.5, 0.6) is 5.75 Å². The number of hydrogen-bond donors (Lipinski definition) is 2. The van der Waals surface area contributed by atoms with Crippen molar-refractivity contribution in [1.82, 2.24) is 15.0 Å². The van der Waals surface area contributed by atoms with Crippen LogP contribution in [0.4, 0.5) is 0 Å². The fraction of sp³-hybridized carbons (Fsp3) is 0.333. The van der Waals surface area contributed by atoms with Gasteiger partial charge in [-0.2, -0.15) is 0 Å². The number of benzene rings is 1. The molecule has 3 N–H and O–H groups in total. The number of aromatic nitrogens is 3. The van der Waals surface area contributed by atoms with Crippen LogP contribution in [0.2, 0.25) is 0 Å². The fourth-order valence-electron chi connectivity index (χ4n) is 2.77. The molecule has 0 fully saturated rings. The van der Waals surface area contributed by atoms with Crippen LogP contribution >= 0.6 is 0 Å². The summed E-state index contributed by atoms with van der Waals surface area (Å²) in [5, 5.41) is 0. The molecule has 5 heteroatoms. The summed E-state index contributed by atoms with van der Waals surface area (Å²) in [7, 11) is 1.67. The molecule has 0 spiro atoms. The van der Waals surface area contributed by atoms with Gasteiger partial charge in [0.15, 0.2) is 0 Å². The smallest absolute Gasteiger partial charge is 0.145 e. The van der Waals surface area contributed by atoms with Crippen molar-refractivity contribution in [2.75, 3.05) is 7.11 Å². The van der Waals surface area contributed by atoms with Crippen molar-refractivity contribution < 1.29 is 4.74 Å². The fourth-order valence-corrected chi connectivity index (χ4v) is 2.77. The highest BCUT2D eigenvalue weighted by Crippen LogP contribution is 2.32. The first-order valence-electron chi connectivity index (χ1n) is 7.82. The minimum atomic E-state index is -0.100. The van der Waals surface area contributed by atoms with E-state index in [-0.39, 0.29) is 6.04 Å². The van der Waals surface area contributed by atoms with Gasteiger partial charge in [0.05, 0.1) is 18.7 Å². The number of ether oxygens (including phenoxy) is 1. The zero-order chi connectivity index (χ0) is 16.4. The highest BCUT2D eigenvalue weighted by atomic mass is 16.5. The van der Waals surface area contributed by atoms with Gasteiger partial charge in [0.1, 0.15) is 17.1 Å². The van der Waals surface area contributed by atoms with Gasteiger partial charge in [0.25, 0.3) is 0 Å². The van der Waals surface area contributed by atoms with E-state index in [2.05, 4.69) is 34.9 Å². The summed E-state index contributed by atoms with van der Waals surface area (Å²) in [5.74, 6) is 2.09. The van der Waals surface area contributed by atoms with Crippen molar-refractivity contribution in [3.63, 3.8) is 0 Å². The Bertz CT molecular complexity index is 795.